The molecule has 2 unspecified atom stereocenters. The average Bonchev–Trinajstić information content (AvgIpc) is 3.32. The highest BCUT2D eigenvalue weighted by Crippen LogP contribution is 2.44. The molecule has 1 aliphatic heterocycles. The monoisotopic (exact) mass is 494 g/mol. The van der Waals surface area contributed by atoms with Crippen molar-refractivity contribution in [1.29, 1.82) is 0 Å². The van der Waals surface area contributed by atoms with E-state index in [-0.39, 0.29) is 24.5 Å². The van der Waals surface area contributed by atoms with Crippen LogP contribution in [0, 0.1) is 6.92 Å². The van der Waals surface area contributed by atoms with E-state index in [2.05, 4.69) is 15.5 Å². The maximum atomic E-state index is 13.0. The third kappa shape index (κ3) is 4.98. The van der Waals surface area contributed by atoms with Crippen LogP contribution in [0.25, 0.3) is 11.4 Å². The largest absolute Gasteiger partial charge is 0.493 e. The maximum absolute atomic E-state index is 13.0. The number of amides is 2. The number of carbonyl (C=O) groups excluding carboxylic acids is 2. The van der Waals surface area contributed by atoms with Crippen LogP contribution in [-0.2, 0) is 4.74 Å². The lowest BCUT2D eigenvalue weighted by Gasteiger charge is -2.39. The molecule has 0 fully saturated rings. The van der Waals surface area contributed by atoms with Crippen molar-refractivity contribution in [3.8, 4) is 22.9 Å². The lowest BCUT2D eigenvalue weighted by atomic mass is 9.85. The third-order valence-electron chi connectivity index (χ3n) is 6.18. The number of hydrogen-bond donors (Lipinski definition) is 1. The number of rotatable bonds is 7. The summed E-state index contributed by atoms with van der Waals surface area (Å²) in [5.74, 6) is 1.66. The Morgan fingerprint density at radius 3 is 2.58 bits per heavy atom. The second-order valence-electron chi connectivity index (χ2n) is 8.54. The molecule has 0 saturated heterocycles. The first-order valence-electron chi connectivity index (χ1n) is 11.8. The standard InChI is InChI=1S/C26H30N4O6/c1-6-35-26(32)30-15(2)10-19(20-12-22(33-4)23(34-5)13-21(20)30)14-27-25(31)18-9-7-8-17(11-18)24-28-16(3)36-29-24/h7-9,11-13,15,19H,6,10,14H2,1-5H3,(H,27,31). The Hall–Kier alpha value is -4.08. The normalized spacial score (nSPS) is 16.8. The molecule has 3 aromatic rings. The molecule has 190 valence electrons. The molecule has 2 atom stereocenters. The maximum Gasteiger partial charge on any atom is 0.414 e. The van der Waals surface area contributed by atoms with E-state index in [4.69, 9.17) is 18.7 Å². The van der Waals surface area contributed by atoms with Gasteiger partial charge in [-0.05, 0) is 44.0 Å². The molecule has 0 radical (unpaired) electrons. The fourth-order valence-electron chi connectivity index (χ4n) is 4.50. The fourth-order valence-corrected chi connectivity index (χ4v) is 4.50. The summed E-state index contributed by atoms with van der Waals surface area (Å²) >= 11 is 0. The Kier molecular flexibility index (Phi) is 7.42. The van der Waals surface area contributed by atoms with Crippen molar-refractivity contribution in [2.75, 3.05) is 32.3 Å². The molecule has 1 aromatic heterocycles. The zero-order valence-electron chi connectivity index (χ0n) is 21.0. The number of fused-ring (bicyclic) bond motifs is 1. The van der Waals surface area contributed by atoms with Crippen molar-refractivity contribution in [3.05, 3.63) is 53.4 Å². The third-order valence-corrected chi connectivity index (χ3v) is 6.18. The first-order valence-corrected chi connectivity index (χ1v) is 11.8. The van der Waals surface area contributed by atoms with Crippen LogP contribution >= 0.6 is 0 Å². The highest BCUT2D eigenvalue weighted by molar-refractivity contribution is 5.95. The lowest BCUT2D eigenvalue weighted by molar-refractivity contribution is 0.0949. The van der Waals surface area contributed by atoms with Gasteiger partial charge in [-0.3, -0.25) is 9.69 Å². The predicted octanol–water partition coefficient (Wildman–Crippen LogP) is 4.33. The Balaban J connectivity index is 1.59. The number of anilines is 1. The van der Waals surface area contributed by atoms with E-state index in [1.54, 1.807) is 57.2 Å². The summed E-state index contributed by atoms with van der Waals surface area (Å²) in [4.78, 5) is 31.7. The van der Waals surface area contributed by atoms with Gasteiger partial charge in [-0.15, -0.1) is 0 Å². The SMILES string of the molecule is CCOC(=O)N1c2cc(OC)c(OC)cc2C(CNC(=O)c2cccc(-c3noc(C)n3)c2)CC1C. The molecule has 10 nitrogen and oxygen atoms in total. The molecule has 1 aliphatic rings. The highest BCUT2D eigenvalue weighted by Gasteiger charge is 2.36. The van der Waals surface area contributed by atoms with Crippen LogP contribution in [0.2, 0.25) is 0 Å². The summed E-state index contributed by atoms with van der Waals surface area (Å²) < 4.78 is 21.3. The number of hydrogen-bond acceptors (Lipinski definition) is 8. The molecule has 2 amide bonds. The van der Waals surface area contributed by atoms with Crippen LogP contribution in [0.5, 0.6) is 11.5 Å². The number of carbonyl (C=O) groups is 2. The van der Waals surface area contributed by atoms with E-state index in [9.17, 15) is 9.59 Å². The van der Waals surface area contributed by atoms with Crippen molar-refractivity contribution in [3.63, 3.8) is 0 Å². The summed E-state index contributed by atoms with van der Waals surface area (Å²) in [7, 11) is 3.11. The predicted molar refractivity (Wildman–Crippen MR) is 133 cm³/mol. The Labute approximate surface area is 209 Å². The molecule has 2 heterocycles. The van der Waals surface area contributed by atoms with Gasteiger partial charge in [-0.2, -0.15) is 4.98 Å². The summed E-state index contributed by atoms with van der Waals surface area (Å²) in [6.45, 7) is 6.08. The van der Waals surface area contributed by atoms with Gasteiger partial charge in [0.05, 0.1) is 26.5 Å². The van der Waals surface area contributed by atoms with Gasteiger partial charge in [0.1, 0.15) is 0 Å². The Morgan fingerprint density at radius 1 is 1.17 bits per heavy atom. The van der Waals surface area contributed by atoms with Gasteiger partial charge in [0.15, 0.2) is 11.5 Å². The molecule has 0 spiro atoms. The van der Waals surface area contributed by atoms with E-state index in [1.165, 1.54) is 0 Å². The minimum absolute atomic E-state index is 0.0625. The molecule has 2 aromatic carbocycles. The van der Waals surface area contributed by atoms with Gasteiger partial charge in [-0.1, -0.05) is 17.3 Å². The van der Waals surface area contributed by atoms with Gasteiger partial charge in [0.25, 0.3) is 5.91 Å². The number of aromatic nitrogens is 2. The number of ether oxygens (including phenoxy) is 3. The molecule has 0 bridgehead atoms. The topological polar surface area (TPSA) is 116 Å². The van der Waals surface area contributed by atoms with Gasteiger partial charge < -0.3 is 24.1 Å². The number of nitrogens with zero attached hydrogens (tertiary/aromatic N) is 3. The first-order chi connectivity index (χ1) is 17.4. The van der Waals surface area contributed by atoms with E-state index in [0.29, 0.717) is 53.0 Å². The van der Waals surface area contributed by atoms with E-state index >= 15 is 0 Å². The minimum atomic E-state index is -0.422. The molecule has 1 N–H and O–H groups in total. The highest BCUT2D eigenvalue weighted by atomic mass is 16.6. The van der Waals surface area contributed by atoms with Crippen molar-refractivity contribution < 1.29 is 28.3 Å². The van der Waals surface area contributed by atoms with Crippen LogP contribution in [0.4, 0.5) is 10.5 Å². The molecular formula is C26H30N4O6. The molecule has 0 aliphatic carbocycles. The quantitative estimate of drug-likeness (QED) is 0.516. The summed E-state index contributed by atoms with van der Waals surface area (Å²) in [6.07, 6.45) is 0.207. The molecule has 4 rings (SSSR count). The molecule has 10 heteroatoms. The minimum Gasteiger partial charge on any atom is -0.493 e. The lowest BCUT2D eigenvalue weighted by Crippen LogP contribution is -2.45. The van der Waals surface area contributed by atoms with E-state index in [0.717, 1.165) is 5.56 Å². The Bertz CT molecular complexity index is 1260. The first kappa shape index (κ1) is 25.0. The zero-order valence-corrected chi connectivity index (χ0v) is 21.0. The van der Waals surface area contributed by atoms with Crippen molar-refractivity contribution in [2.45, 2.75) is 39.2 Å². The molecular weight excluding hydrogens is 464 g/mol. The number of methoxy groups -OCH3 is 2. The second-order valence-corrected chi connectivity index (χ2v) is 8.54. The van der Waals surface area contributed by atoms with Gasteiger partial charge in [0.2, 0.25) is 11.7 Å². The zero-order chi connectivity index (χ0) is 25.8. The number of aryl methyl sites for hydroxylation is 1. The summed E-state index contributed by atoms with van der Waals surface area (Å²) in [6, 6.07) is 10.6. The second kappa shape index (κ2) is 10.7. The van der Waals surface area contributed by atoms with Crippen LogP contribution in [0.3, 0.4) is 0 Å². The Morgan fingerprint density at radius 2 is 1.92 bits per heavy atom. The summed E-state index contributed by atoms with van der Waals surface area (Å²) in [5, 5.41) is 6.96. The van der Waals surface area contributed by atoms with Crippen LogP contribution in [-0.4, -0.2) is 55.6 Å². The molecule has 36 heavy (non-hydrogen) atoms. The van der Waals surface area contributed by atoms with Crippen LogP contribution in [0.15, 0.2) is 40.9 Å². The van der Waals surface area contributed by atoms with Crippen molar-refractivity contribution >= 4 is 17.7 Å². The smallest absolute Gasteiger partial charge is 0.414 e. The van der Waals surface area contributed by atoms with E-state index < -0.39 is 6.09 Å². The van der Waals surface area contributed by atoms with Gasteiger partial charge in [-0.25, -0.2) is 4.79 Å². The van der Waals surface area contributed by atoms with Gasteiger partial charge >= 0.3 is 6.09 Å². The molecule has 0 saturated carbocycles. The summed E-state index contributed by atoms with van der Waals surface area (Å²) in [5.41, 5.74) is 2.73. The van der Waals surface area contributed by atoms with Crippen molar-refractivity contribution in [1.82, 2.24) is 15.5 Å². The van der Waals surface area contributed by atoms with Crippen molar-refractivity contribution in [2.24, 2.45) is 0 Å². The number of benzene rings is 2. The number of nitrogens with one attached hydrogen (secondary N) is 1. The van der Waals surface area contributed by atoms with Crippen LogP contribution < -0.4 is 19.7 Å². The van der Waals surface area contributed by atoms with E-state index in [1.807, 2.05) is 19.1 Å². The average molecular weight is 495 g/mol. The fraction of sp³-hybridized carbons (Fsp3) is 0.385. The van der Waals surface area contributed by atoms with Crippen LogP contribution in [0.1, 0.15) is 48.0 Å². The van der Waals surface area contributed by atoms with Gasteiger partial charge in [0, 0.05) is 42.6 Å².